The summed E-state index contributed by atoms with van der Waals surface area (Å²) in [6, 6.07) is 15.0. The van der Waals surface area contributed by atoms with Crippen LogP contribution in [-0.4, -0.2) is 26.7 Å². The van der Waals surface area contributed by atoms with Crippen molar-refractivity contribution in [1.29, 1.82) is 0 Å². The average Bonchev–Trinajstić information content (AvgIpc) is 2.52. The molecule has 0 aliphatic heterocycles. The zero-order chi connectivity index (χ0) is 16.0. The molecule has 0 fully saturated rings. The van der Waals surface area contributed by atoms with Crippen LogP contribution in [0.15, 0.2) is 53.4 Å². The van der Waals surface area contributed by atoms with E-state index in [1.807, 2.05) is 43.3 Å². The monoisotopic (exact) mass is 319 g/mol. The van der Waals surface area contributed by atoms with E-state index >= 15 is 0 Å². The van der Waals surface area contributed by atoms with E-state index in [0.29, 0.717) is 19.4 Å². The van der Waals surface area contributed by atoms with Gasteiger partial charge in [-0.2, -0.15) is 0 Å². The van der Waals surface area contributed by atoms with Gasteiger partial charge in [-0.1, -0.05) is 42.0 Å². The van der Waals surface area contributed by atoms with E-state index in [4.69, 9.17) is 5.11 Å². The Kier molecular flexibility index (Phi) is 5.71. The fourth-order valence-electron chi connectivity index (χ4n) is 2.10. The van der Waals surface area contributed by atoms with Crippen molar-refractivity contribution in [3.05, 3.63) is 54.1 Å². The van der Waals surface area contributed by atoms with Crippen LogP contribution in [0.25, 0.3) is 11.1 Å². The molecule has 0 aliphatic rings. The summed E-state index contributed by atoms with van der Waals surface area (Å²) in [5, 5.41) is 8.69. The third-order valence-corrected chi connectivity index (χ3v) is 4.90. The summed E-state index contributed by atoms with van der Waals surface area (Å²) in [4.78, 5) is 0.257. The van der Waals surface area contributed by atoms with Crippen molar-refractivity contribution in [3.63, 3.8) is 0 Å². The number of aliphatic hydroxyl groups is 1. The van der Waals surface area contributed by atoms with Gasteiger partial charge in [0.25, 0.3) is 0 Å². The minimum atomic E-state index is -3.48. The summed E-state index contributed by atoms with van der Waals surface area (Å²) < 4.78 is 26.8. The van der Waals surface area contributed by atoms with E-state index in [1.54, 1.807) is 12.1 Å². The first-order valence-corrected chi connectivity index (χ1v) is 8.79. The third kappa shape index (κ3) is 4.40. The van der Waals surface area contributed by atoms with Crippen LogP contribution in [0.1, 0.15) is 18.4 Å². The molecular formula is C17H21NO3S. The van der Waals surface area contributed by atoms with Crippen LogP contribution in [0.2, 0.25) is 0 Å². The van der Waals surface area contributed by atoms with Gasteiger partial charge in [-0.3, -0.25) is 0 Å². The summed E-state index contributed by atoms with van der Waals surface area (Å²) in [6.07, 6.45) is 1.21. The molecule has 0 unspecified atom stereocenters. The second kappa shape index (κ2) is 7.54. The van der Waals surface area contributed by atoms with Gasteiger partial charge in [-0.05, 0) is 43.0 Å². The van der Waals surface area contributed by atoms with Crippen molar-refractivity contribution in [3.8, 4) is 11.1 Å². The van der Waals surface area contributed by atoms with Crippen molar-refractivity contribution >= 4 is 10.0 Å². The molecule has 0 saturated heterocycles. The molecule has 2 rings (SSSR count). The Morgan fingerprint density at radius 1 is 0.909 bits per heavy atom. The van der Waals surface area contributed by atoms with Gasteiger partial charge in [0.2, 0.25) is 10.0 Å². The Morgan fingerprint density at radius 3 is 2.00 bits per heavy atom. The first-order chi connectivity index (χ1) is 10.5. The molecule has 0 amide bonds. The summed E-state index contributed by atoms with van der Waals surface area (Å²) in [5.74, 6) is 0. The van der Waals surface area contributed by atoms with E-state index in [2.05, 4.69) is 4.72 Å². The molecule has 22 heavy (non-hydrogen) atoms. The van der Waals surface area contributed by atoms with Crippen molar-refractivity contribution in [2.45, 2.75) is 24.7 Å². The summed E-state index contributed by atoms with van der Waals surface area (Å²) >= 11 is 0. The first-order valence-electron chi connectivity index (χ1n) is 7.30. The quantitative estimate of drug-likeness (QED) is 0.771. The smallest absolute Gasteiger partial charge is 0.240 e. The SMILES string of the molecule is Cc1ccc(-c2ccc(S(=O)(=O)NCCCCO)cc2)cc1. The summed E-state index contributed by atoms with van der Waals surface area (Å²) in [5.41, 5.74) is 3.24. The maximum Gasteiger partial charge on any atom is 0.240 e. The van der Waals surface area contributed by atoms with Gasteiger partial charge in [-0.15, -0.1) is 0 Å². The largest absolute Gasteiger partial charge is 0.396 e. The Labute approximate surface area is 131 Å². The van der Waals surface area contributed by atoms with E-state index in [0.717, 1.165) is 11.1 Å². The van der Waals surface area contributed by atoms with Crippen LogP contribution < -0.4 is 4.72 Å². The van der Waals surface area contributed by atoms with Gasteiger partial charge in [0.05, 0.1) is 4.90 Å². The molecule has 2 aromatic carbocycles. The minimum Gasteiger partial charge on any atom is -0.396 e. The number of unbranched alkanes of at least 4 members (excludes halogenated alkanes) is 1. The number of nitrogens with one attached hydrogen (secondary N) is 1. The van der Waals surface area contributed by atoms with Crippen molar-refractivity contribution in [1.82, 2.24) is 4.72 Å². The van der Waals surface area contributed by atoms with E-state index < -0.39 is 10.0 Å². The molecule has 0 bridgehead atoms. The van der Waals surface area contributed by atoms with Crippen molar-refractivity contribution in [2.24, 2.45) is 0 Å². The zero-order valence-electron chi connectivity index (χ0n) is 12.6. The molecule has 0 atom stereocenters. The zero-order valence-corrected chi connectivity index (χ0v) is 13.4. The fourth-order valence-corrected chi connectivity index (χ4v) is 3.17. The van der Waals surface area contributed by atoms with E-state index in [-0.39, 0.29) is 11.5 Å². The third-order valence-electron chi connectivity index (χ3n) is 3.43. The summed E-state index contributed by atoms with van der Waals surface area (Å²) in [6.45, 7) is 2.44. The highest BCUT2D eigenvalue weighted by atomic mass is 32.2. The highest BCUT2D eigenvalue weighted by Gasteiger charge is 2.13. The lowest BCUT2D eigenvalue weighted by molar-refractivity contribution is 0.285. The van der Waals surface area contributed by atoms with Crippen LogP contribution >= 0.6 is 0 Å². The highest BCUT2D eigenvalue weighted by molar-refractivity contribution is 7.89. The van der Waals surface area contributed by atoms with Gasteiger partial charge in [0, 0.05) is 13.2 Å². The second-order valence-corrected chi connectivity index (χ2v) is 6.99. The summed E-state index contributed by atoms with van der Waals surface area (Å²) in [7, 11) is -3.48. The number of aliphatic hydroxyl groups excluding tert-OH is 1. The van der Waals surface area contributed by atoms with Crippen molar-refractivity contribution in [2.75, 3.05) is 13.2 Å². The average molecular weight is 319 g/mol. The number of rotatable bonds is 7. The Hall–Kier alpha value is -1.69. The number of sulfonamides is 1. The van der Waals surface area contributed by atoms with Gasteiger partial charge in [0.15, 0.2) is 0 Å². The molecule has 5 heteroatoms. The lowest BCUT2D eigenvalue weighted by Crippen LogP contribution is -2.24. The van der Waals surface area contributed by atoms with Gasteiger partial charge >= 0.3 is 0 Å². The maximum atomic E-state index is 12.1. The van der Waals surface area contributed by atoms with Crippen LogP contribution in [0.4, 0.5) is 0 Å². The predicted octanol–water partition coefficient (Wildman–Crippen LogP) is 2.71. The van der Waals surface area contributed by atoms with E-state index in [1.165, 1.54) is 5.56 Å². The van der Waals surface area contributed by atoms with Crippen LogP contribution in [0.5, 0.6) is 0 Å². The minimum absolute atomic E-state index is 0.0764. The van der Waals surface area contributed by atoms with Crippen molar-refractivity contribution < 1.29 is 13.5 Å². The second-order valence-electron chi connectivity index (χ2n) is 5.22. The Balaban J connectivity index is 2.09. The first kappa shape index (κ1) is 16.7. The van der Waals surface area contributed by atoms with Crippen LogP contribution in [0, 0.1) is 6.92 Å². The standard InChI is InChI=1S/C17H21NO3S/c1-14-4-6-15(7-5-14)16-8-10-17(11-9-16)22(20,21)18-12-2-3-13-19/h4-11,18-19H,2-3,12-13H2,1H3. The molecule has 0 saturated carbocycles. The number of benzene rings is 2. The Bertz CT molecular complexity index is 692. The number of hydrogen-bond acceptors (Lipinski definition) is 3. The normalized spacial score (nSPS) is 11.5. The van der Waals surface area contributed by atoms with Gasteiger partial charge < -0.3 is 5.11 Å². The van der Waals surface area contributed by atoms with Gasteiger partial charge in [-0.25, -0.2) is 13.1 Å². The Morgan fingerprint density at radius 2 is 1.45 bits per heavy atom. The van der Waals surface area contributed by atoms with Crippen LogP contribution in [0.3, 0.4) is 0 Å². The fraction of sp³-hybridized carbons (Fsp3) is 0.294. The molecule has 0 aliphatic carbocycles. The lowest BCUT2D eigenvalue weighted by Gasteiger charge is -2.08. The molecule has 2 N–H and O–H groups in total. The highest BCUT2D eigenvalue weighted by Crippen LogP contribution is 2.21. The van der Waals surface area contributed by atoms with E-state index in [9.17, 15) is 8.42 Å². The maximum absolute atomic E-state index is 12.1. The molecule has 4 nitrogen and oxygen atoms in total. The van der Waals surface area contributed by atoms with Gasteiger partial charge in [0.1, 0.15) is 0 Å². The predicted molar refractivity (Wildman–Crippen MR) is 88.1 cm³/mol. The number of hydrogen-bond donors (Lipinski definition) is 2. The molecule has 0 spiro atoms. The lowest BCUT2D eigenvalue weighted by atomic mass is 10.0. The molecular weight excluding hydrogens is 298 g/mol. The molecule has 0 heterocycles. The topological polar surface area (TPSA) is 66.4 Å². The molecule has 118 valence electrons. The van der Waals surface area contributed by atoms with Crippen LogP contribution in [-0.2, 0) is 10.0 Å². The molecule has 2 aromatic rings. The molecule has 0 aromatic heterocycles. The number of aryl methyl sites for hydroxylation is 1. The molecule has 0 radical (unpaired) electrons.